The zero-order chi connectivity index (χ0) is 9.78. The van der Waals surface area contributed by atoms with E-state index < -0.39 is 0 Å². The summed E-state index contributed by atoms with van der Waals surface area (Å²) >= 11 is 0. The van der Waals surface area contributed by atoms with Crippen molar-refractivity contribution in [3.8, 4) is 0 Å². The number of rotatable bonds is 2. The van der Waals surface area contributed by atoms with Crippen LogP contribution in [0.3, 0.4) is 0 Å². The van der Waals surface area contributed by atoms with E-state index in [9.17, 15) is 0 Å². The van der Waals surface area contributed by atoms with Gasteiger partial charge in [-0.15, -0.1) is 0 Å². The fourth-order valence-electron chi connectivity index (χ4n) is 0.452. The van der Waals surface area contributed by atoms with Gasteiger partial charge in [-0.25, -0.2) is 0 Å². The Morgan fingerprint density at radius 1 is 1.42 bits per heavy atom. The molecule has 70 valence electrons. The Morgan fingerprint density at radius 2 is 1.92 bits per heavy atom. The molecule has 0 aliphatic heterocycles. The van der Waals surface area contributed by atoms with Gasteiger partial charge >= 0.3 is 0 Å². The molecule has 3 heteroatoms. The van der Waals surface area contributed by atoms with E-state index in [1.165, 1.54) is 0 Å². The minimum absolute atomic E-state index is 0.0684. The highest BCUT2D eigenvalue weighted by atomic mass is 16.3. The summed E-state index contributed by atoms with van der Waals surface area (Å²) in [5.74, 6) is 0.113. The van der Waals surface area contributed by atoms with E-state index in [4.69, 9.17) is 10.8 Å². The molecule has 0 fully saturated rings. The first-order valence-corrected chi connectivity index (χ1v) is 3.96. The lowest BCUT2D eigenvalue weighted by Gasteiger charge is -2.18. The molecule has 0 aromatic heterocycles. The second-order valence-electron chi connectivity index (χ2n) is 3.67. The van der Waals surface area contributed by atoms with Gasteiger partial charge in [-0.05, 0) is 13.0 Å². The van der Waals surface area contributed by atoms with Crippen LogP contribution in [-0.4, -0.2) is 5.11 Å². The van der Waals surface area contributed by atoms with Gasteiger partial charge in [0.15, 0.2) is 5.88 Å². The molecule has 0 amide bonds. The summed E-state index contributed by atoms with van der Waals surface area (Å²) in [6.45, 7) is 7.76. The number of allylic oxidation sites excluding steroid dienone is 2. The zero-order valence-corrected chi connectivity index (χ0v) is 8.18. The summed E-state index contributed by atoms with van der Waals surface area (Å²) in [4.78, 5) is 0. The molecule has 0 rings (SSSR count). The van der Waals surface area contributed by atoms with E-state index in [2.05, 4.69) is 5.32 Å². The van der Waals surface area contributed by atoms with Gasteiger partial charge in [0, 0.05) is 17.3 Å². The van der Waals surface area contributed by atoms with Crippen LogP contribution in [0.15, 0.2) is 23.9 Å². The van der Waals surface area contributed by atoms with Crippen molar-refractivity contribution in [1.29, 1.82) is 0 Å². The predicted molar refractivity (Wildman–Crippen MR) is 51.2 cm³/mol. The normalized spacial score (nSPS) is 14.7. The molecule has 0 bridgehead atoms. The van der Waals surface area contributed by atoms with Crippen molar-refractivity contribution in [3.63, 3.8) is 0 Å². The molecule has 0 unspecified atom stereocenters. The Bertz CT molecular complexity index is 199. The molecule has 0 aromatic carbocycles. The van der Waals surface area contributed by atoms with Crippen LogP contribution in [0.4, 0.5) is 0 Å². The molecular formula is C9H18N2O. The molecule has 0 aromatic rings. The Morgan fingerprint density at radius 3 is 2.25 bits per heavy atom. The largest absolute Gasteiger partial charge is 0.495 e. The molecule has 0 heterocycles. The minimum atomic E-state index is -0.0684. The highest BCUT2D eigenvalue weighted by molar-refractivity contribution is 5.07. The van der Waals surface area contributed by atoms with E-state index >= 15 is 0 Å². The topological polar surface area (TPSA) is 58.3 Å². The van der Waals surface area contributed by atoms with Gasteiger partial charge in [-0.2, -0.15) is 0 Å². The lowest BCUT2D eigenvalue weighted by atomic mass is 9.93. The van der Waals surface area contributed by atoms with Crippen molar-refractivity contribution >= 4 is 0 Å². The van der Waals surface area contributed by atoms with Crippen LogP contribution in [0.1, 0.15) is 27.7 Å². The van der Waals surface area contributed by atoms with Gasteiger partial charge in [-0.1, -0.05) is 20.8 Å². The van der Waals surface area contributed by atoms with Crippen molar-refractivity contribution in [2.45, 2.75) is 27.7 Å². The summed E-state index contributed by atoms with van der Waals surface area (Å²) in [7, 11) is 0. The van der Waals surface area contributed by atoms with Crippen LogP contribution in [0.2, 0.25) is 0 Å². The lowest BCUT2D eigenvalue weighted by molar-refractivity contribution is 0.379. The average molecular weight is 170 g/mol. The number of aliphatic hydroxyl groups is 1. The Hall–Kier alpha value is -1.12. The fourth-order valence-corrected chi connectivity index (χ4v) is 0.452. The summed E-state index contributed by atoms with van der Waals surface area (Å²) in [5.41, 5.74) is 6.35. The molecule has 0 radical (unpaired) electrons. The molecule has 0 saturated carbocycles. The highest BCUT2D eigenvalue weighted by Crippen LogP contribution is 2.19. The SMILES string of the molecule is C/C=C(/O)N/C=C(\N)C(C)(C)C. The number of hydrogen-bond acceptors (Lipinski definition) is 3. The average Bonchev–Trinajstić information content (AvgIpc) is 1.97. The van der Waals surface area contributed by atoms with Gasteiger partial charge in [-0.3, -0.25) is 0 Å². The lowest BCUT2D eigenvalue weighted by Crippen LogP contribution is -2.20. The highest BCUT2D eigenvalue weighted by Gasteiger charge is 2.12. The smallest absolute Gasteiger partial charge is 0.183 e. The molecular weight excluding hydrogens is 152 g/mol. The Kier molecular flexibility index (Phi) is 3.67. The molecule has 0 saturated heterocycles. The van der Waals surface area contributed by atoms with Crippen molar-refractivity contribution in [1.82, 2.24) is 5.32 Å². The third-order valence-electron chi connectivity index (χ3n) is 1.52. The second-order valence-corrected chi connectivity index (χ2v) is 3.67. The summed E-state index contributed by atoms with van der Waals surface area (Å²) in [6, 6.07) is 0. The van der Waals surface area contributed by atoms with Gasteiger partial charge in [0.2, 0.25) is 0 Å². The van der Waals surface area contributed by atoms with E-state index in [0.717, 1.165) is 0 Å². The molecule has 0 aliphatic carbocycles. The maximum atomic E-state index is 9.02. The van der Waals surface area contributed by atoms with Crippen LogP contribution < -0.4 is 11.1 Å². The number of hydrogen-bond donors (Lipinski definition) is 3. The summed E-state index contributed by atoms with van der Waals surface area (Å²) in [5, 5.41) is 11.7. The first kappa shape index (κ1) is 10.9. The first-order chi connectivity index (χ1) is 5.38. The van der Waals surface area contributed by atoms with Gasteiger partial charge in [0.05, 0.1) is 0 Å². The molecule has 3 nitrogen and oxygen atoms in total. The van der Waals surface area contributed by atoms with Crippen LogP contribution in [0.25, 0.3) is 0 Å². The van der Waals surface area contributed by atoms with Crippen LogP contribution in [0.5, 0.6) is 0 Å². The van der Waals surface area contributed by atoms with Gasteiger partial charge in [0.25, 0.3) is 0 Å². The van der Waals surface area contributed by atoms with Crippen molar-refractivity contribution in [2.75, 3.05) is 0 Å². The third-order valence-corrected chi connectivity index (χ3v) is 1.52. The third kappa shape index (κ3) is 3.91. The maximum absolute atomic E-state index is 9.02. The standard InChI is InChI=1S/C9H18N2O/c1-5-8(12)11-6-7(10)9(2,3)4/h5-6,11-12H,10H2,1-4H3/b7-6-,8-5+. The van der Waals surface area contributed by atoms with E-state index in [1.54, 1.807) is 19.2 Å². The molecule has 0 atom stereocenters. The van der Waals surface area contributed by atoms with E-state index in [1.807, 2.05) is 20.8 Å². The number of nitrogens with two attached hydrogens (primary N) is 1. The summed E-state index contributed by atoms with van der Waals surface area (Å²) < 4.78 is 0. The quantitative estimate of drug-likeness (QED) is 0.554. The second kappa shape index (κ2) is 4.04. The molecule has 12 heavy (non-hydrogen) atoms. The monoisotopic (exact) mass is 170 g/mol. The number of nitrogens with one attached hydrogen (secondary N) is 1. The Labute approximate surface area is 74.0 Å². The minimum Gasteiger partial charge on any atom is -0.495 e. The van der Waals surface area contributed by atoms with Crippen LogP contribution >= 0.6 is 0 Å². The van der Waals surface area contributed by atoms with E-state index in [0.29, 0.717) is 5.70 Å². The van der Waals surface area contributed by atoms with Crippen molar-refractivity contribution in [2.24, 2.45) is 11.1 Å². The van der Waals surface area contributed by atoms with Gasteiger partial charge < -0.3 is 16.2 Å². The van der Waals surface area contributed by atoms with Crippen molar-refractivity contribution < 1.29 is 5.11 Å². The fraction of sp³-hybridized carbons (Fsp3) is 0.556. The number of aliphatic hydroxyl groups excluding tert-OH is 1. The molecule has 4 N–H and O–H groups in total. The molecule has 0 aliphatic rings. The Balaban J connectivity index is 4.20. The predicted octanol–water partition coefficient (Wildman–Crippen LogP) is 1.84. The van der Waals surface area contributed by atoms with Crippen molar-refractivity contribution in [3.05, 3.63) is 23.9 Å². The maximum Gasteiger partial charge on any atom is 0.183 e. The summed E-state index contributed by atoms with van der Waals surface area (Å²) in [6.07, 6.45) is 3.17. The van der Waals surface area contributed by atoms with Gasteiger partial charge in [0.1, 0.15) is 0 Å². The molecule has 0 spiro atoms. The van der Waals surface area contributed by atoms with Crippen LogP contribution in [0, 0.1) is 5.41 Å². The first-order valence-electron chi connectivity index (χ1n) is 3.96. The van der Waals surface area contributed by atoms with Crippen LogP contribution in [-0.2, 0) is 0 Å². The van der Waals surface area contributed by atoms with E-state index in [-0.39, 0.29) is 11.3 Å². The zero-order valence-electron chi connectivity index (χ0n) is 8.18.